The van der Waals surface area contributed by atoms with Crippen molar-refractivity contribution in [3.05, 3.63) is 46.4 Å². The maximum absolute atomic E-state index is 4.84. The average Bonchev–Trinajstić information content (AvgIpc) is 3.16. The molecule has 1 aliphatic heterocycles. The number of aryl methyl sites for hydroxylation is 1. The Bertz CT molecular complexity index is 695. The Morgan fingerprint density at radius 3 is 2.52 bits per heavy atom. The Kier molecular flexibility index (Phi) is 9.33. The molecule has 1 saturated heterocycles. The number of rotatable bonds is 6. The minimum absolute atomic E-state index is 0. The summed E-state index contributed by atoms with van der Waals surface area (Å²) in [5.74, 6) is 1.03. The highest BCUT2D eigenvalue weighted by molar-refractivity contribution is 14.0. The monoisotopic (exact) mass is 499 g/mol. The van der Waals surface area contributed by atoms with Gasteiger partial charge in [-0.3, -0.25) is 4.99 Å². The second-order valence-electron chi connectivity index (χ2n) is 6.37. The summed E-state index contributed by atoms with van der Waals surface area (Å²) >= 11 is 1.81. The molecule has 0 unspecified atom stereocenters. The number of hydrogen-bond acceptors (Lipinski definition) is 4. The number of hydrogen-bond donors (Lipinski definition) is 1. The quantitative estimate of drug-likeness (QED) is 0.375. The lowest BCUT2D eigenvalue weighted by molar-refractivity contribution is 0.372. The van der Waals surface area contributed by atoms with E-state index in [9.17, 15) is 0 Å². The van der Waals surface area contributed by atoms with Gasteiger partial charge in [0.25, 0.3) is 0 Å². The fourth-order valence-electron chi connectivity index (χ4n) is 3.13. The first-order valence-electron chi connectivity index (χ1n) is 9.57. The van der Waals surface area contributed by atoms with Gasteiger partial charge in [0.1, 0.15) is 0 Å². The number of thiazole rings is 1. The van der Waals surface area contributed by atoms with E-state index in [0.29, 0.717) is 0 Å². The lowest BCUT2D eigenvalue weighted by atomic mass is 10.2. The van der Waals surface area contributed by atoms with Crippen LogP contribution in [-0.2, 0) is 12.8 Å². The Labute approximate surface area is 183 Å². The molecular formula is C20H30IN5S. The third kappa shape index (κ3) is 6.34. The molecule has 0 amide bonds. The van der Waals surface area contributed by atoms with Crippen LogP contribution in [0.4, 0.5) is 5.69 Å². The highest BCUT2D eigenvalue weighted by Crippen LogP contribution is 2.16. The highest BCUT2D eigenvalue weighted by Gasteiger charge is 2.19. The Balaban J connectivity index is 0.00000261. The Morgan fingerprint density at radius 1 is 1.15 bits per heavy atom. The van der Waals surface area contributed by atoms with Gasteiger partial charge in [-0.25, -0.2) is 4.98 Å². The van der Waals surface area contributed by atoms with Crippen LogP contribution in [0, 0.1) is 0 Å². The summed E-state index contributed by atoms with van der Waals surface area (Å²) in [5, 5.41) is 4.64. The van der Waals surface area contributed by atoms with Gasteiger partial charge in [-0.2, -0.15) is 0 Å². The molecule has 2 heterocycles. The minimum Gasteiger partial charge on any atom is -0.368 e. The van der Waals surface area contributed by atoms with Crippen molar-refractivity contribution in [2.75, 3.05) is 44.2 Å². The molecule has 1 fully saturated rings. The smallest absolute Gasteiger partial charge is 0.194 e. The summed E-state index contributed by atoms with van der Waals surface area (Å²) in [6.07, 6.45) is 3.98. The van der Waals surface area contributed by atoms with E-state index >= 15 is 0 Å². The third-order valence-electron chi connectivity index (χ3n) is 4.57. The first kappa shape index (κ1) is 21.9. The van der Waals surface area contributed by atoms with Crippen LogP contribution in [0.25, 0.3) is 0 Å². The van der Waals surface area contributed by atoms with E-state index < -0.39 is 0 Å². The van der Waals surface area contributed by atoms with E-state index in [4.69, 9.17) is 4.99 Å². The zero-order valence-corrected chi connectivity index (χ0v) is 19.4. The second-order valence-corrected chi connectivity index (χ2v) is 7.57. The normalized spacial score (nSPS) is 14.8. The number of aromatic nitrogens is 1. The van der Waals surface area contributed by atoms with E-state index in [1.807, 2.05) is 17.5 Å². The average molecular weight is 499 g/mol. The summed E-state index contributed by atoms with van der Waals surface area (Å²) in [5.41, 5.74) is 1.31. The number of guanidine groups is 1. The molecule has 0 radical (unpaired) electrons. The van der Waals surface area contributed by atoms with Crippen LogP contribution in [0.15, 0.2) is 41.5 Å². The molecule has 0 aliphatic carbocycles. The number of nitrogens with zero attached hydrogens (tertiary/aromatic N) is 4. The fourth-order valence-corrected chi connectivity index (χ4v) is 3.98. The topological polar surface area (TPSA) is 43.8 Å². The molecule has 1 aromatic carbocycles. The predicted molar refractivity (Wildman–Crippen MR) is 127 cm³/mol. The molecule has 7 heteroatoms. The van der Waals surface area contributed by atoms with Crippen LogP contribution >= 0.6 is 35.3 Å². The number of halogens is 1. The van der Waals surface area contributed by atoms with Gasteiger partial charge in [-0.15, -0.1) is 35.3 Å². The number of nitrogens with one attached hydrogen (secondary N) is 1. The molecule has 3 rings (SSSR count). The van der Waals surface area contributed by atoms with Gasteiger partial charge in [0, 0.05) is 62.5 Å². The maximum atomic E-state index is 4.84. The molecule has 27 heavy (non-hydrogen) atoms. The van der Waals surface area contributed by atoms with Gasteiger partial charge in [0.05, 0.1) is 5.01 Å². The lowest BCUT2D eigenvalue weighted by Gasteiger charge is -2.37. The SMILES string of the molecule is CCNC(=NCCc1ncc(CC)s1)N1CCN(c2ccccc2)CC1.I. The first-order chi connectivity index (χ1) is 12.8. The lowest BCUT2D eigenvalue weighted by Crippen LogP contribution is -2.52. The van der Waals surface area contributed by atoms with Gasteiger partial charge < -0.3 is 15.1 Å². The highest BCUT2D eigenvalue weighted by atomic mass is 127. The van der Waals surface area contributed by atoms with Crippen LogP contribution in [-0.4, -0.2) is 55.1 Å². The summed E-state index contributed by atoms with van der Waals surface area (Å²) in [4.78, 5) is 15.5. The van der Waals surface area contributed by atoms with E-state index in [0.717, 1.165) is 58.1 Å². The molecule has 0 bridgehead atoms. The van der Waals surface area contributed by atoms with Gasteiger partial charge in [0.2, 0.25) is 0 Å². The van der Waals surface area contributed by atoms with Crippen molar-refractivity contribution < 1.29 is 0 Å². The predicted octanol–water partition coefficient (Wildman–Crippen LogP) is 3.65. The molecule has 2 aromatic rings. The molecule has 1 aromatic heterocycles. The molecule has 5 nitrogen and oxygen atoms in total. The number of anilines is 1. The number of piperazine rings is 1. The van der Waals surface area contributed by atoms with Crippen LogP contribution in [0.3, 0.4) is 0 Å². The maximum Gasteiger partial charge on any atom is 0.194 e. The number of para-hydroxylation sites is 1. The van der Waals surface area contributed by atoms with E-state index in [2.05, 4.69) is 64.3 Å². The summed E-state index contributed by atoms with van der Waals surface area (Å²) < 4.78 is 0. The van der Waals surface area contributed by atoms with Crippen LogP contribution < -0.4 is 10.2 Å². The summed E-state index contributed by atoms with van der Waals surface area (Å²) in [7, 11) is 0. The van der Waals surface area contributed by atoms with Crippen molar-refractivity contribution in [3.8, 4) is 0 Å². The van der Waals surface area contributed by atoms with Crippen LogP contribution in [0.2, 0.25) is 0 Å². The third-order valence-corrected chi connectivity index (χ3v) is 5.77. The summed E-state index contributed by atoms with van der Waals surface area (Å²) in [6, 6.07) is 10.7. The summed E-state index contributed by atoms with van der Waals surface area (Å²) in [6.45, 7) is 10.0. The zero-order chi connectivity index (χ0) is 18.2. The van der Waals surface area contributed by atoms with Crippen molar-refractivity contribution in [2.45, 2.75) is 26.7 Å². The van der Waals surface area contributed by atoms with Gasteiger partial charge in [0.15, 0.2) is 5.96 Å². The van der Waals surface area contributed by atoms with Crippen LogP contribution in [0.5, 0.6) is 0 Å². The van der Waals surface area contributed by atoms with Gasteiger partial charge in [-0.05, 0) is 25.5 Å². The molecular weight excluding hydrogens is 469 g/mol. The molecule has 0 spiro atoms. The molecule has 0 atom stereocenters. The van der Waals surface area contributed by atoms with Crippen molar-refractivity contribution in [2.24, 2.45) is 4.99 Å². The van der Waals surface area contributed by atoms with Crippen LogP contribution in [0.1, 0.15) is 23.7 Å². The minimum atomic E-state index is 0. The van der Waals surface area contributed by atoms with Crippen molar-refractivity contribution >= 4 is 47.0 Å². The molecule has 0 saturated carbocycles. The number of benzene rings is 1. The van der Waals surface area contributed by atoms with E-state index in [-0.39, 0.29) is 24.0 Å². The van der Waals surface area contributed by atoms with E-state index in [1.165, 1.54) is 15.6 Å². The van der Waals surface area contributed by atoms with E-state index in [1.54, 1.807) is 0 Å². The van der Waals surface area contributed by atoms with Crippen molar-refractivity contribution in [3.63, 3.8) is 0 Å². The number of aliphatic imine (C=N–C) groups is 1. The van der Waals surface area contributed by atoms with Crippen molar-refractivity contribution in [1.82, 2.24) is 15.2 Å². The van der Waals surface area contributed by atoms with Gasteiger partial charge >= 0.3 is 0 Å². The fraction of sp³-hybridized carbons (Fsp3) is 0.500. The Hall–Kier alpha value is -1.35. The Morgan fingerprint density at radius 2 is 1.89 bits per heavy atom. The molecule has 148 valence electrons. The molecule has 1 aliphatic rings. The standard InChI is InChI=1S/C20H29N5S.HI/c1-3-18-16-23-19(26-18)10-11-22-20(21-4-2)25-14-12-24(13-15-25)17-8-6-5-7-9-17;/h5-9,16H,3-4,10-15H2,1-2H3,(H,21,22);1H. The largest absolute Gasteiger partial charge is 0.368 e. The zero-order valence-electron chi connectivity index (χ0n) is 16.2. The molecule has 1 N–H and O–H groups in total. The second kappa shape index (κ2) is 11.5. The van der Waals surface area contributed by atoms with Crippen molar-refractivity contribution in [1.29, 1.82) is 0 Å². The van der Waals surface area contributed by atoms with Gasteiger partial charge in [-0.1, -0.05) is 25.1 Å². The first-order valence-corrected chi connectivity index (χ1v) is 10.4.